The number of aryl methyl sites for hydroxylation is 1. The van der Waals surface area contributed by atoms with Crippen LogP contribution in [0.1, 0.15) is 11.1 Å². The molecule has 8 heteroatoms. The lowest BCUT2D eigenvalue weighted by molar-refractivity contribution is -0.131. The molecule has 132 valence electrons. The molecule has 0 atom stereocenters. The first-order valence-electron chi connectivity index (χ1n) is 7.41. The van der Waals surface area contributed by atoms with Crippen molar-refractivity contribution in [1.82, 2.24) is 10.2 Å². The van der Waals surface area contributed by atoms with E-state index in [1.54, 1.807) is 30.3 Å². The van der Waals surface area contributed by atoms with E-state index in [4.69, 9.17) is 16.0 Å². The monoisotopic (exact) mass is 450 g/mol. The number of benzene rings is 2. The quantitative estimate of drug-likeness (QED) is 0.397. The summed E-state index contributed by atoms with van der Waals surface area (Å²) in [6.45, 7) is 1.96. The Morgan fingerprint density at radius 1 is 1.23 bits per heavy atom. The second kappa shape index (κ2) is 8.07. The Hall–Kier alpha value is -2.09. The summed E-state index contributed by atoms with van der Waals surface area (Å²) in [6.07, 6.45) is 1.56. The molecule has 0 radical (unpaired) electrons. The standard InChI is InChI=1S/C18H12BrClN2O3S/c1-10-2-3-11(8-14(10)19)9-15(17(23)24)26-18-22-21-16(25-18)12-4-6-13(20)7-5-12/h2-9H,1H3,(H,23,24)/b15-9-. The number of rotatable bonds is 5. The Bertz CT molecular complexity index is 986. The molecule has 3 rings (SSSR count). The summed E-state index contributed by atoms with van der Waals surface area (Å²) < 4.78 is 6.46. The van der Waals surface area contributed by atoms with Crippen molar-refractivity contribution >= 4 is 51.3 Å². The maximum absolute atomic E-state index is 11.6. The number of carboxylic acid groups (broad SMARTS) is 1. The average molecular weight is 452 g/mol. The van der Waals surface area contributed by atoms with Crippen molar-refractivity contribution in [1.29, 1.82) is 0 Å². The molecule has 2 aromatic carbocycles. The fraction of sp³-hybridized carbons (Fsp3) is 0.0556. The molecule has 0 spiro atoms. The van der Waals surface area contributed by atoms with Gasteiger partial charge in [-0.3, -0.25) is 0 Å². The molecule has 0 bridgehead atoms. The van der Waals surface area contributed by atoms with Gasteiger partial charge in [0.2, 0.25) is 5.89 Å². The molecule has 0 aliphatic rings. The van der Waals surface area contributed by atoms with Crippen molar-refractivity contribution in [2.45, 2.75) is 12.1 Å². The van der Waals surface area contributed by atoms with E-state index in [-0.39, 0.29) is 10.1 Å². The van der Waals surface area contributed by atoms with Gasteiger partial charge in [-0.15, -0.1) is 10.2 Å². The molecule has 1 heterocycles. The molecule has 0 unspecified atom stereocenters. The molecule has 0 aliphatic carbocycles. The fourth-order valence-electron chi connectivity index (χ4n) is 2.04. The number of aliphatic carboxylic acids is 1. The third-order valence-corrected chi connectivity index (χ3v) is 5.36. The predicted octanol–water partition coefficient (Wildman–Crippen LogP) is 5.68. The van der Waals surface area contributed by atoms with Gasteiger partial charge in [0.25, 0.3) is 5.22 Å². The molecule has 0 saturated heterocycles. The van der Waals surface area contributed by atoms with Crippen LogP contribution in [0, 0.1) is 6.92 Å². The van der Waals surface area contributed by atoms with Crippen LogP contribution in [0.3, 0.4) is 0 Å². The summed E-state index contributed by atoms with van der Waals surface area (Å²) in [5.41, 5.74) is 2.53. The number of hydrogen-bond acceptors (Lipinski definition) is 5. The summed E-state index contributed by atoms with van der Waals surface area (Å²) in [7, 11) is 0. The van der Waals surface area contributed by atoms with Gasteiger partial charge >= 0.3 is 5.97 Å². The summed E-state index contributed by atoms with van der Waals surface area (Å²) in [6, 6.07) is 12.5. The number of aromatic nitrogens is 2. The lowest BCUT2D eigenvalue weighted by Crippen LogP contribution is -1.96. The lowest BCUT2D eigenvalue weighted by Gasteiger charge is -2.02. The molecule has 0 saturated carbocycles. The van der Waals surface area contributed by atoms with Crippen LogP contribution in [-0.4, -0.2) is 21.3 Å². The molecule has 26 heavy (non-hydrogen) atoms. The molecule has 0 aliphatic heterocycles. The van der Waals surface area contributed by atoms with Gasteiger partial charge in [-0.25, -0.2) is 4.79 Å². The Labute approximate surface area is 167 Å². The largest absolute Gasteiger partial charge is 0.477 e. The van der Waals surface area contributed by atoms with Crippen molar-refractivity contribution < 1.29 is 14.3 Å². The Kier molecular flexibility index (Phi) is 5.80. The summed E-state index contributed by atoms with van der Waals surface area (Å²) >= 11 is 10.2. The highest BCUT2D eigenvalue weighted by Crippen LogP contribution is 2.31. The highest BCUT2D eigenvalue weighted by Gasteiger charge is 2.16. The second-order valence-electron chi connectivity index (χ2n) is 5.30. The number of thioether (sulfide) groups is 1. The molecule has 1 N–H and O–H groups in total. The number of halogens is 2. The number of nitrogens with zero attached hydrogens (tertiary/aromatic N) is 2. The zero-order chi connectivity index (χ0) is 18.7. The molecule has 5 nitrogen and oxygen atoms in total. The number of hydrogen-bond donors (Lipinski definition) is 1. The lowest BCUT2D eigenvalue weighted by atomic mass is 10.1. The summed E-state index contributed by atoms with van der Waals surface area (Å²) in [5.74, 6) is -0.773. The second-order valence-corrected chi connectivity index (χ2v) is 7.59. The average Bonchev–Trinajstić information content (AvgIpc) is 3.06. The van der Waals surface area contributed by atoms with Crippen LogP contribution in [-0.2, 0) is 4.79 Å². The molecule has 1 aromatic heterocycles. The molecular formula is C18H12BrClN2O3S. The zero-order valence-electron chi connectivity index (χ0n) is 13.4. The van der Waals surface area contributed by atoms with Gasteiger partial charge in [0.05, 0.1) is 0 Å². The Balaban J connectivity index is 1.84. The van der Waals surface area contributed by atoms with Crippen molar-refractivity contribution in [3.63, 3.8) is 0 Å². The van der Waals surface area contributed by atoms with Gasteiger partial charge in [0.1, 0.15) is 4.91 Å². The van der Waals surface area contributed by atoms with Crippen molar-refractivity contribution in [3.8, 4) is 11.5 Å². The van der Waals surface area contributed by atoms with Gasteiger partial charge in [0.15, 0.2) is 0 Å². The van der Waals surface area contributed by atoms with Crippen molar-refractivity contribution in [2.24, 2.45) is 0 Å². The van der Waals surface area contributed by atoms with Gasteiger partial charge in [-0.2, -0.15) is 0 Å². The third-order valence-electron chi connectivity index (χ3n) is 3.40. The van der Waals surface area contributed by atoms with Gasteiger partial charge in [-0.1, -0.05) is 39.7 Å². The normalized spacial score (nSPS) is 11.6. The van der Waals surface area contributed by atoms with Gasteiger partial charge in [0, 0.05) is 15.1 Å². The van der Waals surface area contributed by atoms with Crippen LogP contribution in [0.5, 0.6) is 0 Å². The van der Waals surface area contributed by atoms with Crippen molar-refractivity contribution in [3.05, 3.63) is 68.0 Å². The van der Waals surface area contributed by atoms with Crippen LogP contribution >= 0.6 is 39.3 Å². The number of carbonyl (C=O) groups is 1. The molecule has 0 fully saturated rings. The van der Waals surface area contributed by atoms with Crippen LogP contribution in [0.4, 0.5) is 0 Å². The SMILES string of the molecule is Cc1ccc(/C=C(\Sc2nnc(-c3ccc(Cl)cc3)o2)C(=O)O)cc1Br. The first-order valence-corrected chi connectivity index (χ1v) is 9.39. The molecule has 0 amide bonds. The highest BCUT2D eigenvalue weighted by atomic mass is 79.9. The minimum absolute atomic E-state index is 0.0760. The first-order chi connectivity index (χ1) is 12.4. The fourth-order valence-corrected chi connectivity index (χ4v) is 3.23. The van der Waals surface area contributed by atoms with Gasteiger partial charge < -0.3 is 9.52 Å². The molecule has 3 aromatic rings. The van der Waals surface area contributed by atoms with E-state index in [2.05, 4.69) is 26.1 Å². The predicted molar refractivity (Wildman–Crippen MR) is 105 cm³/mol. The van der Waals surface area contributed by atoms with Gasteiger partial charge in [-0.05, 0) is 66.2 Å². The first kappa shape index (κ1) is 18.7. The van der Waals surface area contributed by atoms with E-state index in [9.17, 15) is 9.90 Å². The minimum Gasteiger partial charge on any atom is -0.477 e. The maximum Gasteiger partial charge on any atom is 0.342 e. The Morgan fingerprint density at radius 2 is 1.96 bits per heavy atom. The highest BCUT2D eigenvalue weighted by molar-refractivity contribution is 9.10. The van der Waals surface area contributed by atoms with Crippen LogP contribution in [0.25, 0.3) is 17.5 Å². The van der Waals surface area contributed by atoms with E-state index in [1.165, 1.54) is 0 Å². The van der Waals surface area contributed by atoms with E-state index < -0.39 is 5.97 Å². The summed E-state index contributed by atoms with van der Waals surface area (Å²) in [5, 5.41) is 18.1. The number of carboxylic acids is 1. The van der Waals surface area contributed by atoms with Crippen LogP contribution < -0.4 is 0 Å². The van der Waals surface area contributed by atoms with Crippen molar-refractivity contribution in [2.75, 3.05) is 0 Å². The zero-order valence-corrected chi connectivity index (χ0v) is 16.6. The topological polar surface area (TPSA) is 76.2 Å². The van der Waals surface area contributed by atoms with Crippen LogP contribution in [0.2, 0.25) is 5.02 Å². The van der Waals surface area contributed by atoms with E-state index in [0.717, 1.165) is 27.4 Å². The maximum atomic E-state index is 11.6. The summed E-state index contributed by atoms with van der Waals surface area (Å²) in [4.78, 5) is 11.6. The van der Waals surface area contributed by atoms with E-state index in [0.29, 0.717) is 16.5 Å². The van der Waals surface area contributed by atoms with E-state index >= 15 is 0 Å². The molecular weight excluding hydrogens is 440 g/mol. The van der Waals surface area contributed by atoms with E-state index in [1.807, 2.05) is 25.1 Å². The third kappa shape index (κ3) is 4.55. The Morgan fingerprint density at radius 3 is 2.62 bits per heavy atom. The smallest absolute Gasteiger partial charge is 0.342 e. The van der Waals surface area contributed by atoms with Crippen LogP contribution in [0.15, 0.2) is 61.5 Å². The minimum atomic E-state index is -1.07.